The van der Waals surface area contributed by atoms with Crippen LogP contribution in [0.4, 0.5) is 0 Å². The van der Waals surface area contributed by atoms with Crippen LogP contribution in [0.15, 0.2) is 10.8 Å². The second kappa shape index (κ2) is 4.13. The van der Waals surface area contributed by atoms with E-state index in [9.17, 15) is 4.79 Å². The highest BCUT2D eigenvalue weighted by molar-refractivity contribution is 5.93. The van der Waals surface area contributed by atoms with Crippen molar-refractivity contribution >= 4 is 5.91 Å². The monoisotopic (exact) mass is 207 g/mol. The fraction of sp³-hybridized carbons (Fsp3) is 0.500. The number of hydrogen-bond acceptors (Lipinski definition) is 4. The Balaban J connectivity index is 2.82. The van der Waals surface area contributed by atoms with E-state index >= 15 is 0 Å². The van der Waals surface area contributed by atoms with Gasteiger partial charge in [0.2, 0.25) is 5.76 Å². The zero-order valence-corrected chi connectivity index (χ0v) is 9.00. The van der Waals surface area contributed by atoms with Crippen LogP contribution in [0.2, 0.25) is 0 Å². The van der Waals surface area contributed by atoms with Crippen molar-refractivity contribution < 1.29 is 9.21 Å². The maximum absolute atomic E-state index is 11.7. The molecular weight excluding hydrogens is 194 g/mol. The van der Waals surface area contributed by atoms with Crippen molar-refractivity contribution in [1.29, 1.82) is 5.26 Å². The van der Waals surface area contributed by atoms with Crippen LogP contribution >= 0.6 is 0 Å². The van der Waals surface area contributed by atoms with E-state index in [1.807, 2.05) is 13.0 Å². The molecule has 80 valence electrons. The van der Waals surface area contributed by atoms with E-state index in [2.05, 4.69) is 10.3 Å². The third-order valence-electron chi connectivity index (χ3n) is 2.30. The SMILES string of the molecule is CCC(C)(C#N)NC(=O)c1ocnc1C. The van der Waals surface area contributed by atoms with Gasteiger partial charge in [-0.3, -0.25) is 4.79 Å². The van der Waals surface area contributed by atoms with Gasteiger partial charge in [0.25, 0.3) is 5.91 Å². The number of aromatic nitrogens is 1. The molecule has 5 nitrogen and oxygen atoms in total. The molecule has 1 N–H and O–H groups in total. The summed E-state index contributed by atoms with van der Waals surface area (Å²) in [4.78, 5) is 15.5. The zero-order valence-electron chi connectivity index (χ0n) is 9.00. The lowest BCUT2D eigenvalue weighted by Crippen LogP contribution is -2.44. The van der Waals surface area contributed by atoms with Crippen LogP contribution in [0.25, 0.3) is 0 Å². The fourth-order valence-electron chi connectivity index (χ4n) is 1.02. The Hall–Kier alpha value is -1.83. The molecule has 1 heterocycles. The van der Waals surface area contributed by atoms with Gasteiger partial charge in [-0.25, -0.2) is 4.98 Å². The standard InChI is InChI=1S/C10H13N3O2/c1-4-10(3,5-11)13-9(14)8-7(2)12-6-15-8/h6H,4H2,1-3H3,(H,13,14). The Morgan fingerprint density at radius 3 is 2.87 bits per heavy atom. The fourth-order valence-corrected chi connectivity index (χ4v) is 1.02. The molecule has 1 aromatic heterocycles. The Morgan fingerprint density at radius 2 is 2.47 bits per heavy atom. The van der Waals surface area contributed by atoms with E-state index in [4.69, 9.17) is 9.68 Å². The van der Waals surface area contributed by atoms with Crippen molar-refractivity contribution in [2.24, 2.45) is 0 Å². The van der Waals surface area contributed by atoms with Crippen molar-refractivity contribution in [2.75, 3.05) is 0 Å². The molecule has 0 saturated carbocycles. The molecule has 0 saturated heterocycles. The van der Waals surface area contributed by atoms with Gasteiger partial charge in [0, 0.05) is 0 Å². The summed E-state index contributed by atoms with van der Waals surface area (Å²) in [5.74, 6) is -0.249. The van der Waals surface area contributed by atoms with Gasteiger partial charge in [-0.1, -0.05) is 6.92 Å². The van der Waals surface area contributed by atoms with Gasteiger partial charge in [-0.2, -0.15) is 5.26 Å². The minimum atomic E-state index is -0.865. The second-order valence-corrected chi connectivity index (χ2v) is 3.52. The summed E-state index contributed by atoms with van der Waals surface area (Å²) >= 11 is 0. The molecule has 5 heteroatoms. The number of hydrogen-bond donors (Lipinski definition) is 1. The average Bonchev–Trinajstić information content (AvgIpc) is 2.64. The third-order valence-corrected chi connectivity index (χ3v) is 2.30. The summed E-state index contributed by atoms with van der Waals surface area (Å²) < 4.78 is 4.93. The molecule has 0 spiro atoms. The number of rotatable bonds is 3. The number of amides is 1. The van der Waals surface area contributed by atoms with Gasteiger partial charge in [0.1, 0.15) is 5.54 Å². The highest BCUT2D eigenvalue weighted by Gasteiger charge is 2.26. The summed E-state index contributed by atoms with van der Waals surface area (Å²) in [6, 6.07) is 2.05. The molecule has 15 heavy (non-hydrogen) atoms. The average molecular weight is 207 g/mol. The van der Waals surface area contributed by atoms with Crippen LogP contribution in [0.1, 0.15) is 36.5 Å². The lowest BCUT2D eigenvalue weighted by Gasteiger charge is -2.20. The van der Waals surface area contributed by atoms with Crippen molar-refractivity contribution in [3.8, 4) is 6.07 Å². The molecule has 0 bridgehead atoms. The Labute approximate surface area is 88.1 Å². The molecule has 1 atom stereocenters. The van der Waals surface area contributed by atoms with Crippen LogP contribution in [0, 0.1) is 18.3 Å². The van der Waals surface area contributed by atoms with Gasteiger partial charge >= 0.3 is 0 Å². The maximum atomic E-state index is 11.7. The quantitative estimate of drug-likeness (QED) is 0.812. The Morgan fingerprint density at radius 1 is 1.80 bits per heavy atom. The van der Waals surface area contributed by atoms with Gasteiger partial charge in [-0.15, -0.1) is 0 Å². The molecule has 1 rings (SSSR count). The van der Waals surface area contributed by atoms with E-state index < -0.39 is 11.4 Å². The molecule has 0 aliphatic heterocycles. The number of nitriles is 1. The summed E-state index contributed by atoms with van der Waals surface area (Å²) in [6.45, 7) is 5.17. The number of carbonyl (C=O) groups excluding carboxylic acids is 1. The third kappa shape index (κ3) is 2.34. The van der Waals surface area contributed by atoms with Gasteiger partial charge < -0.3 is 9.73 Å². The van der Waals surface area contributed by atoms with Crippen LogP contribution < -0.4 is 5.32 Å². The van der Waals surface area contributed by atoms with Crippen LogP contribution in [0.3, 0.4) is 0 Å². The Bertz CT molecular complexity index is 405. The molecule has 0 aliphatic carbocycles. The normalized spacial score (nSPS) is 14.0. The number of carbonyl (C=O) groups is 1. The van der Waals surface area contributed by atoms with Gasteiger partial charge in [-0.05, 0) is 20.3 Å². The van der Waals surface area contributed by atoms with Crippen molar-refractivity contribution in [2.45, 2.75) is 32.7 Å². The smallest absolute Gasteiger partial charge is 0.290 e. The minimum absolute atomic E-state index is 0.157. The number of nitrogens with zero attached hydrogens (tertiary/aromatic N) is 2. The van der Waals surface area contributed by atoms with Crippen LogP contribution in [-0.4, -0.2) is 16.4 Å². The molecule has 1 aromatic rings. The summed E-state index contributed by atoms with van der Waals surface area (Å²) in [6.07, 6.45) is 1.74. The first-order chi connectivity index (χ1) is 7.02. The second-order valence-electron chi connectivity index (χ2n) is 3.52. The minimum Gasteiger partial charge on any atom is -0.438 e. The van der Waals surface area contributed by atoms with E-state index in [-0.39, 0.29) is 5.76 Å². The molecule has 0 radical (unpaired) electrons. The van der Waals surface area contributed by atoms with Gasteiger partial charge in [0.15, 0.2) is 6.39 Å². The maximum Gasteiger partial charge on any atom is 0.290 e. The first-order valence-electron chi connectivity index (χ1n) is 4.66. The molecule has 1 unspecified atom stereocenters. The van der Waals surface area contributed by atoms with E-state index in [0.717, 1.165) is 0 Å². The van der Waals surface area contributed by atoms with Crippen LogP contribution in [0.5, 0.6) is 0 Å². The lowest BCUT2D eigenvalue weighted by molar-refractivity contribution is 0.0894. The number of oxazole rings is 1. The van der Waals surface area contributed by atoms with Crippen LogP contribution in [-0.2, 0) is 0 Å². The van der Waals surface area contributed by atoms with Crippen molar-refractivity contribution in [1.82, 2.24) is 10.3 Å². The van der Waals surface area contributed by atoms with E-state index in [1.54, 1.807) is 13.8 Å². The first-order valence-corrected chi connectivity index (χ1v) is 4.66. The number of nitrogens with one attached hydrogen (secondary N) is 1. The summed E-state index contributed by atoms with van der Waals surface area (Å²) in [5.41, 5.74) is -0.347. The molecule has 0 fully saturated rings. The topological polar surface area (TPSA) is 78.9 Å². The lowest BCUT2D eigenvalue weighted by atomic mass is 10.0. The molecule has 0 aliphatic rings. The van der Waals surface area contributed by atoms with Crippen molar-refractivity contribution in [3.63, 3.8) is 0 Å². The molecule has 0 aromatic carbocycles. The first kappa shape index (κ1) is 11.2. The van der Waals surface area contributed by atoms with E-state index in [0.29, 0.717) is 12.1 Å². The predicted octanol–water partition coefficient (Wildman–Crippen LogP) is 1.41. The van der Waals surface area contributed by atoms with Crippen molar-refractivity contribution in [3.05, 3.63) is 17.8 Å². The zero-order chi connectivity index (χ0) is 11.5. The number of aryl methyl sites for hydroxylation is 1. The highest BCUT2D eigenvalue weighted by Crippen LogP contribution is 2.11. The summed E-state index contributed by atoms with van der Waals surface area (Å²) in [7, 11) is 0. The highest BCUT2D eigenvalue weighted by atomic mass is 16.3. The predicted molar refractivity (Wildman–Crippen MR) is 53.0 cm³/mol. The molecular formula is C10H13N3O2. The molecule has 1 amide bonds. The van der Waals surface area contributed by atoms with E-state index in [1.165, 1.54) is 6.39 Å². The van der Waals surface area contributed by atoms with Gasteiger partial charge in [0.05, 0.1) is 11.8 Å². The summed E-state index contributed by atoms with van der Waals surface area (Å²) in [5, 5.41) is 11.5. The Kier molecular flexibility index (Phi) is 3.10. The largest absolute Gasteiger partial charge is 0.438 e.